The number of hydrogen-bond donors (Lipinski definition) is 2. The number of H-pyrrole nitrogens is 1. The van der Waals surface area contributed by atoms with E-state index in [1.54, 1.807) is 12.1 Å². The van der Waals surface area contributed by atoms with Crippen molar-refractivity contribution in [1.29, 1.82) is 0 Å². The molecule has 1 amide bonds. The zero-order chi connectivity index (χ0) is 23.2. The fraction of sp³-hybridized carbons (Fsp3) is 0.0800. The minimum Gasteiger partial charge on any atom is -0.465 e. The Morgan fingerprint density at radius 2 is 1.64 bits per heavy atom. The Labute approximate surface area is 189 Å². The molecule has 166 valence electrons. The highest BCUT2D eigenvalue weighted by Crippen LogP contribution is 2.21. The first kappa shape index (κ1) is 21.6. The molecule has 3 N–H and O–H groups in total. The largest absolute Gasteiger partial charge is 0.465 e. The molecule has 2 aromatic carbocycles. The third kappa shape index (κ3) is 5.01. The number of hydrogen-bond acceptors (Lipinski definition) is 5. The predicted octanol–water partition coefficient (Wildman–Crippen LogP) is 3.01. The van der Waals surface area contributed by atoms with Gasteiger partial charge in [-0.1, -0.05) is 60.7 Å². The number of benzene rings is 2. The van der Waals surface area contributed by atoms with Gasteiger partial charge in [-0.3, -0.25) is 24.0 Å². The first-order valence-electron chi connectivity index (χ1n) is 10.3. The summed E-state index contributed by atoms with van der Waals surface area (Å²) in [6.45, 7) is 0.226. The monoisotopic (exact) mass is 442 g/mol. The van der Waals surface area contributed by atoms with Gasteiger partial charge in [-0.25, -0.2) is 4.79 Å². The van der Waals surface area contributed by atoms with Crippen LogP contribution in [0.5, 0.6) is 0 Å². The Morgan fingerprint density at radius 1 is 0.970 bits per heavy atom. The molecule has 0 aliphatic rings. The zero-order valence-corrected chi connectivity index (χ0v) is 17.7. The fourth-order valence-electron chi connectivity index (χ4n) is 3.42. The molecular formula is C25H22N4O4. The van der Waals surface area contributed by atoms with E-state index in [2.05, 4.69) is 4.98 Å². The number of nitrogens with one attached hydrogen (secondary N) is 1. The van der Waals surface area contributed by atoms with Gasteiger partial charge in [0.2, 0.25) is 0 Å². The van der Waals surface area contributed by atoms with Crippen LogP contribution in [-0.4, -0.2) is 15.5 Å². The van der Waals surface area contributed by atoms with E-state index in [1.807, 2.05) is 60.7 Å². The van der Waals surface area contributed by atoms with Crippen molar-refractivity contribution in [3.05, 3.63) is 123 Å². The molecule has 4 rings (SSSR count). The predicted molar refractivity (Wildman–Crippen MR) is 127 cm³/mol. The van der Waals surface area contributed by atoms with Crippen LogP contribution < -0.4 is 21.9 Å². The molecular weight excluding hydrogens is 420 g/mol. The van der Waals surface area contributed by atoms with Crippen LogP contribution in [0.15, 0.2) is 99.1 Å². The average molecular weight is 442 g/mol. The van der Waals surface area contributed by atoms with Crippen molar-refractivity contribution in [1.82, 2.24) is 9.55 Å². The van der Waals surface area contributed by atoms with E-state index < -0.39 is 17.2 Å². The number of carbonyl (C=O) groups excluding carboxylic acids is 1. The number of nitrogens with two attached hydrogens (primary N) is 1. The Kier molecular flexibility index (Phi) is 6.36. The zero-order valence-electron chi connectivity index (χ0n) is 17.7. The van der Waals surface area contributed by atoms with E-state index >= 15 is 0 Å². The van der Waals surface area contributed by atoms with Crippen LogP contribution in [0.4, 0.5) is 11.5 Å². The summed E-state index contributed by atoms with van der Waals surface area (Å²) >= 11 is 0. The quantitative estimate of drug-likeness (QED) is 0.427. The SMILES string of the molecule is Nc1c(N(Cc2ccccc2)C(=O)/C=C\c2ccco2)c(=O)[nH]c(=O)n1Cc1ccccc1. The van der Waals surface area contributed by atoms with E-state index in [0.29, 0.717) is 5.76 Å². The lowest BCUT2D eigenvalue weighted by Gasteiger charge is -2.23. The lowest BCUT2D eigenvalue weighted by molar-refractivity contribution is -0.114. The number of rotatable bonds is 7. The Balaban J connectivity index is 1.78. The van der Waals surface area contributed by atoms with Gasteiger partial charge in [0.1, 0.15) is 11.6 Å². The molecule has 0 spiro atoms. The molecule has 4 aromatic rings. The summed E-state index contributed by atoms with van der Waals surface area (Å²) in [7, 11) is 0. The Morgan fingerprint density at radius 3 is 2.27 bits per heavy atom. The van der Waals surface area contributed by atoms with E-state index in [-0.39, 0.29) is 24.6 Å². The summed E-state index contributed by atoms with van der Waals surface area (Å²) in [6.07, 6.45) is 4.30. The third-order valence-electron chi connectivity index (χ3n) is 5.05. The molecule has 0 aliphatic heterocycles. The molecule has 0 radical (unpaired) electrons. The van der Waals surface area contributed by atoms with Gasteiger partial charge in [-0.2, -0.15) is 0 Å². The minimum atomic E-state index is -0.738. The molecule has 0 bridgehead atoms. The minimum absolute atomic E-state index is 0.0823. The second kappa shape index (κ2) is 9.69. The summed E-state index contributed by atoms with van der Waals surface area (Å²) in [4.78, 5) is 42.1. The van der Waals surface area contributed by atoms with Gasteiger partial charge in [0, 0.05) is 6.08 Å². The van der Waals surface area contributed by atoms with Gasteiger partial charge in [0.25, 0.3) is 11.5 Å². The summed E-state index contributed by atoms with van der Waals surface area (Å²) in [6, 6.07) is 21.8. The van der Waals surface area contributed by atoms with E-state index in [1.165, 1.54) is 27.9 Å². The molecule has 8 nitrogen and oxygen atoms in total. The van der Waals surface area contributed by atoms with E-state index in [4.69, 9.17) is 10.2 Å². The van der Waals surface area contributed by atoms with Crippen LogP contribution in [-0.2, 0) is 17.9 Å². The molecule has 0 unspecified atom stereocenters. The summed E-state index contributed by atoms with van der Waals surface area (Å²) < 4.78 is 6.48. The molecule has 0 atom stereocenters. The summed E-state index contributed by atoms with van der Waals surface area (Å²) in [5, 5.41) is 0. The molecule has 2 heterocycles. The van der Waals surface area contributed by atoms with Crippen molar-refractivity contribution in [2.24, 2.45) is 0 Å². The number of nitrogens with zero attached hydrogens (tertiary/aromatic N) is 2. The second-order valence-corrected chi connectivity index (χ2v) is 7.32. The molecule has 8 heteroatoms. The van der Waals surface area contributed by atoms with Crippen molar-refractivity contribution >= 4 is 23.5 Å². The van der Waals surface area contributed by atoms with E-state index in [0.717, 1.165) is 11.1 Å². The topological polar surface area (TPSA) is 114 Å². The van der Waals surface area contributed by atoms with Crippen molar-refractivity contribution in [3.8, 4) is 0 Å². The fourth-order valence-corrected chi connectivity index (χ4v) is 3.42. The first-order valence-corrected chi connectivity index (χ1v) is 10.3. The van der Waals surface area contributed by atoms with Crippen LogP contribution in [0, 0.1) is 0 Å². The van der Waals surface area contributed by atoms with Gasteiger partial charge in [-0.05, 0) is 29.3 Å². The maximum Gasteiger partial charge on any atom is 0.330 e. The molecule has 0 fully saturated rings. The van der Waals surface area contributed by atoms with Gasteiger partial charge in [0.05, 0.1) is 19.4 Å². The van der Waals surface area contributed by atoms with Crippen LogP contribution in [0.2, 0.25) is 0 Å². The standard InChI is InChI=1S/C25H22N4O4/c26-23-22(24(31)27-25(32)29(23)17-19-10-5-2-6-11-19)28(16-18-8-3-1-4-9-18)21(30)14-13-20-12-7-15-33-20/h1-15H,16-17,26H2,(H,27,31,32)/b14-13-. The van der Waals surface area contributed by atoms with Gasteiger partial charge in [-0.15, -0.1) is 0 Å². The molecule has 2 aromatic heterocycles. The highest BCUT2D eigenvalue weighted by Gasteiger charge is 2.23. The number of anilines is 2. The highest BCUT2D eigenvalue weighted by atomic mass is 16.3. The normalized spacial score (nSPS) is 11.0. The molecule has 0 aliphatic carbocycles. The molecule has 0 saturated carbocycles. The smallest absolute Gasteiger partial charge is 0.330 e. The molecule has 33 heavy (non-hydrogen) atoms. The summed E-state index contributed by atoms with van der Waals surface area (Å²) in [5.41, 5.74) is 6.45. The summed E-state index contributed by atoms with van der Waals surface area (Å²) in [5.74, 6) is -0.0976. The number of nitrogen functional groups attached to an aromatic ring is 1. The lowest BCUT2D eigenvalue weighted by atomic mass is 10.2. The van der Waals surface area contributed by atoms with Gasteiger partial charge in [0.15, 0.2) is 5.69 Å². The highest BCUT2D eigenvalue weighted by molar-refractivity contribution is 6.04. The van der Waals surface area contributed by atoms with Crippen molar-refractivity contribution in [3.63, 3.8) is 0 Å². The van der Waals surface area contributed by atoms with Gasteiger partial charge >= 0.3 is 5.69 Å². The number of aromatic nitrogens is 2. The number of amides is 1. The van der Waals surface area contributed by atoms with Crippen molar-refractivity contribution in [2.75, 3.05) is 10.6 Å². The van der Waals surface area contributed by atoms with E-state index in [9.17, 15) is 14.4 Å². The maximum absolute atomic E-state index is 13.2. The lowest BCUT2D eigenvalue weighted by Crippen LogP contribution is -2.40. The number of furan rings is 1. The van der Waals surface area contributed by atoms with Crippen molar-refractivity contribution in [2.45, 2.75) is 13.1 Å². The third-order valence-corrected chi connectivity index (χ3v) is 5.05. The van der Waals surface area contributed by atoms with Crippen LogP contribution in [0.25, 0.3) is 6.08 Å². The van der Waals surface area contributed by atoms with Crippen LogP contribution in [0.3, 0.4) is 0 Å². The number of carbonyl (C=O) groups is 1. The van der Waals surface area contributed by atoms with Crippen LogP contribution in [0.1, 0.15) is 16.9 Å². The molecule has 0 saturated heterocycles. The number of aromatic amines is 1. The second-order valence-electron chi connectivity index (χ2n) is 7.32. The van der Waals surface area contributed by atoms with Crippen LogP contribution >= 0.6 is 0 Å². The first-order chi connectivity index (χ1) is 16.0. The average Bonchev–Trinajstić information content (AvgIpc) is 3.34. The van der Waals surface area contributed by atoms with Gasteiger partial charge < -0.3 is 10.2 Å². The Hall–Kier alpha value is -4.59. The Bertz CT molecular complexity index is 1370. The van der Waals surface area contributed by atoms with Crippen molar-refractivity contribution < 1.29 is 9.21 Å². The maximum atomic E-state index is 13.2.